The Morgan fingerprint density at radius 2 is 1.95 bits per heavy atom. The Kier molecular flexibility index (Phi) is 4.94. The van der Waals surface area contributed by atoms with E-state index < -0.39 is 0 Å². The first-order valence-electron chi connectivity index (χ1n) is 7.17. The predicted molar refractivity (Wildman–Crippen MR) is 74.4 cm³/mol. The number of likely N-dealkylation sites (N-methyl/N-ethyl adjacent to an activating group) is 1. The summed E-state index contributed by atoms with van der Waals surface area (Å²) in [5.74, 6) is -0.181. The van der Waals surface area contributed by atoms with Crippen LogP contribution in [-0.2, 0) is 11.2 Å². The Balaban J connectivity index is 1.94. The Bertz CT molecular complexity index is 425. The Labute approximate surface area is 114 Å². The van der Waals surface area contributed by atoms with E-state index in [-0.39, 0.29) is 11.7 Å². The molecular formula is C16H22FNO. The summed E-state index contributed by atoms with van der Waals surface area (Å²) in [5, 5.41) is 0. The molecule has 3 heteroatoms. The van der Waals surface area contributed by atoms with E-state index in [1.807, 2.05) is 18.0 Å². The molecule has 104 valence electrons. The molecule has 2 nitrogen and oxygen atoms in total. The van der Waals surface area contributed by atoms with Gasteiger partial charge in [0.25, 0.3) is 0 Å². The highest BCUT2D eigenvalue weighted by Crippen LogP contribution is 2.21. The average Bonchev–Trinajstić information content (AvgIpc) is 2.66. The van der Waals surface area contributed by atoms with Crippen molar-refractivity contribution in [3.8, 4) is 0 Å². The maximum Gasteiger partial charge on any atom is 0.226 e. The van der Waals surface area contributed by atoms with Crippen LogP contribution in [0.25, 0.3) is 0 Å². The zero-order valence-electron chi connectivity index (χ0n) is 11.6. The first-order chi connectivity index (χ1) is 9.16. The largest absolute Gasteiger partial charge is 0.342 e. The fraction of sp³-hybridized carbons (Fsp3) is 0.562. The van der Waals surface area contributed by atoms with Crippen LogP contribution < -0.4 is 0 Å². The lowest BCUT2D eigenvalue weighted by atomic mass is 10.1. The molecule has 0 atom stereocenters. The van der Waals surface area contributed by atoms with Gasteiger partial charge in [0.1, 0.15) is 5.82 Å². The van der Waals surface area contributed by atoms with Crippen LogP contribution in [0.4, 0.5) is 4.39 Å². The summed E-state index contributed by atoms with van der Waals surface area (Å²) in [6, 6.07) is 6.68. The molecule has 0 N–H and O–H groups in total. The summed E-state index contributed by atoms with van der Waals surface area (Å²) in [7, 11) is 1.89. The van der Waals surface area contributed by atoms with Crippen LogP contribution in [0.2, 0.25) is 0 Å². The van der Waals surface area contributed by atoms with Gasteiger partial charge in [0.05, 0.1) is 6.42 Å². The minimum absolute atomic E-state index is 0.0949. The third-order valence-electron chi connectivity index (χ3n) is 4.01. The molecule has 1 amide bonds. The molecule has 1 aliphatic rings. The molecule has 0 bridgehead atoms. The van der Waals surface area contributed by atoms with Crippen LogP contribution in [0.15, 0.2) is 24.3 Å². The van der Waals surface area contributed by atoms with Gasteiger partial charge in [-0.15, -0.1) is 0 Å². The Hall–Kier alpha value is -1.38. The van der Waals surface area contributed by atoms with Gasteiger partial charge in [-0.2, -0.15) is 0 Å². The molecule has 0 radical (unpaired) electrons. The van der Waals surface area contributed by atoms with Gasteiger partial charge >= 0.3 is 0 Å². The number of hydrogen-bond donors (Lipinski definition) is 0. The molecule has 2 rings (SSSR count). The van der Waals surface area contributed by atoms with Crippen molar-refractivity contribution in [2.75, 3.05) is 7.05 Å². The van der Waals surface area contributed by atoms with Gasteiger partial charge in [0.2, 0.25) is 5.91 Å². The van der Waals surface area contributed by atoms with Crippen molar-refractivity contribution in [1.29, 1.82) is 0 Å². The normalized spacial score (nSPS) is 16.9. The first-order valence-corrected chi connectivity index (χ1v) is 7.17. The van der Waals surface area contributed by atoms with Gasteiger partial charge in [-0.05, 0) is 30.5 Å². The first kappa shape index (κ1) is 14.0. The van der Waals surface area contributed by atoms with Crippen molar-refractivity contribution in [2.45, 2.75) is 51.0 Å². The number of amides is 1. The second-order valence-electron chi connectivity index (χ2n) is 5.46. The second kappa shape index (κ2) is 6.69. The molecule has 1 aliphatic carbocycles. The number of nitrogens with zero attached hydrogens (tertiary/aromatic N) is 1. The van der Waals surface area contributed by atoms with Crippen molar-refractivity contribution in [3.05, 3.63) is 35.6 Å². The van der Waals surface area contributed by atoms with Crippen molar-refractivity contribution in [1.82, 2.24) is 4.90 Å². The molecule has 19 heavy (non-hydrogen) atoms. The third-order valence-corrected chi connectivity index (χ3v) is 4.01. The highest BCUT2D eigenvalue weighted by molar-refractivity contribution is 5.78. The van der Waals surface area contributed by atoms with E-state index in [0.29, 0.717) is 12.5 Å². The van der Waals surface area contributed by atoms with Gasteiger partial charge in [-0.3, -0.25) is 4.79 Å². The average molecular weight is 263 g/mol. The van der Waals surface area contributed by atoms with E-state index in [1.54, 1.807) is 6.07 Å². The minimum Gasteiger partial charge on any atom is -0.342 e. The molecule has 0 aromatic heterocycles. The van der Waals surface area contributed by atoms with E-state index in [0.717, 1.165) is 18.4 Å². The second-order valence-corrected chi connectivity index (χ2v) is 5.46. The van der Waals surface area contributed by atoms with E-state index >= 15 is 0 Å². The molecule has 0 unspecified atom stereocenters. The number of halogens is 1. The summed E-state index contributed by atoms with van der Waals surface area (Å²) < 4.78 is 13.1. The maximum atomic E-state index is 13.1. The molecule has 0 saturated heterocycles. The minimum atomic E-state index is -0.276. The lowest BCUT2D eigenvalue weighted by Crippen LogP contribution is -2.37. The van der Waals surface area contributed by atoms with Crippen molar-refractivity contribution in [2.24, 2.45) is 0 Å². The summed E-state index contributed by atoms with van der Waals surface area (Å²) in [4.78, 5) is 14.1. The lowest BCUT2D eigenvalue weighted by molar-refractivity contribution is -0.131. The summed E-state index contributed by atoms with van der Waals surface area (Å²) in [5.41, 5.74) is 0.755. The smallest absolute Gasteiger partial charge is 0.226 e. The van der Waals surface area contributed by atoms with Crippen molar-refractivity contribution >= 4 is 5.91 Å². The van der Waals surface area contributed by atoms with Crippen molar-refractivity contribution in [3.63, 3.8) is 0 Å². The molecular weight excluding hydrogens is 241 g/mol. The Morgan fingerprint density at radius 3 is 2.58 bits per heavy atom. The third kappa shape index (κ3) is 4.05. The standard InChI is InChI=1S/C16H22FNO/c1-18(15-9-4-2-3-5-10-15)16(19)12-13-7-6-8-14(17)11-13/h6-8,11,15H,2-5,9-10,12H2,1H3. The molecule has 0 aliphatic heterocycles. The van der Waals surface area contributed by atoms with Gasteiger partial charge in [0, 0.05) is 13.1 Å². The lowest BCUT2D eigenvalue weighted by Gasteiger charge is -2.27. The van der Waals surface area contributed by atoms with E-state index in [1.165, 1.54) is 37.8 Å². The fourth-order valence-electron chi connectivity index (χ4n) is 2.79. The monoisotopic (exact) mass is 263 g/mol. The number of benzene rings is 1. The van der Waals surface area contributed by atoms with Crippen LogP contribution in [-0.4, -0.2) is 23.9 Å². The zero-order valence-corrected chi connectivity index (χ0v) is 11.6. The number of carbonyl (C=O) groups is 1. The number of carbonyl (C=O) groups excluding carboxylic acids is 1. The van der Waals surface area contributed by atoms with Crippen LogP contribution >= 0.6 is 0 Å². The summed E-state index contributed by atoms with van der Waals surface area (Å²) in [6.07, 6.45) is 7.48. The van der Waals surface area contributed by atoms with Gasteiger partial charge in [-0.1, -0.05) is 37.8 Å². The maximum absolute atomic E-state index is 13.1. The molecule has 1 saturated carbocycles. The van der Waals surface area contributed by atoms with Gasteiger partial charge in [-0.25, -0.2) is 4.39 Å². The highest BCUT2D eigenvalue weighted by atomic mass is 19.1. The molecule has 0 heterocycles. The Morgan fingerprint density at radius 1 is 1.26 bits per heavy atom. The summed E-state index contributed by atoms with van der Waals surface area (Å²) in [6.45, 7) is 0. The van der Waals surface area contributed by atoms with Gasteiger partial charge in [0.15, 0.2) is 0 Å². The summed E-state index contributed by atoms with van der Waals surface area (Å²) >= 11 is 0. The highest BCUT2D eigenvalue weighted by Gasteiger charge is 2.21. The molecule has 0 spiro atoms. The van der Waals surface area contributed by atoms with Crippen LogP contribution in [0.1, 0.15) is 44.1 Å². The predicted octanol–water partition coefficient (Wildman–Crippen LogP) is 3.55. The SMILES string of the molecule is CN(C(=O)Cc1cccc(F)c1)C1CCCCCC1. The molecule has 1 aromatic rings. The quantitative estimate of drug-likeness (QED) is 0.764. The van der Waals surface area contributed by atoms with E-state index in [2.05, 4.69) is 0 Å². The van der Waals surface area contributed by atoms with Crippen LogP contribution in [0.5, 0.6) is 0 Å². The number of hydrogen-bond acceptors (Lipinski definition) is 1. The van der Waals surface area contributed by atoms with Crippen molar-refractivity contribution < 1.29 is 9.18 Å². The molecule has 1 fully saturated rings. The van der Waals surface area contributed by atoms with Gasteiger partial charge < -0.3 is 4.90 Å². The zero-order chi connectivity index (χ0) is 13.7. The van der Waals surface area contributed by atoms with E-state index in [4.69, 9.17) is 0 Å². The fourth-order valence-corrected chi connectivity index (χ4v) is 2.79. The van der Waals surface area contributed by atoms with Crippen LogP contribution in [0, 0.1) is 5.82 Å². The topological polar surface area (TPSA) is 20.3 Å². The molecule has 1 aromatic carbocycles. The van der Waals surface area contributed by atoms with Crippen LogP contribution in [0.3, 0.4) is 0 Å². The van der Waals surface area contributed by atoms with E-state index in [9.17, 15) is 9.18 Å². The number of rotatable bonds is 3.